The lowest BCUT2D eigenvalue weighted by Gasteiger charge is -2.15. The van der Waals surface area contributed by atoms with Gasteiger partial charge in [-0.3, -0.25) is 4.68 Å². The second-order valence-corrected chi connectivity index (χ2v) is 4.94. The van der Waals surface area contributed by atoms with Crippen LogP contribution in [0.5, 0.6) is 0 Å². The number of hydrogen-bond donors (Lipinski definition) is 1. The maximum absolute atomic E-state index is 13.0. The topological polar surface area (TPSA) is 29.9 Å². The van der Waals surface area contributed by atoms with Crippen LogP contribution in [-0.2, 0) is 6.54 Å². The zero-order valence-electron chi connectivity index (χ0n) is 10.3. The number of halogens is 2. The Bertz CT molecular complexity index is 539. The molecule has 1 N–H and O–H groups in total. The van der Waals surface area contributed by atoms with Gasteiger partial charge in [-0.25, -0.2) is 4.39 Å². The van der Waals surface area contributed by atoms with Crippen molar-refractivity contribution >= 4 is 21.7 Å². The summed E-state index contributed by atoms with van der Waals surface area (Å²) in [5.41, 5.74) is 1.00. The number of hydrogen-bond acceptors (Lipinski definition) is 2. The molecule has 0 saturated carbocycles. The molecule has 0 aliphatic carbocycles. The maximum atomic E-state index is 13.0. The first-order valence-electron chi connectivity index (χ1n) is 5.85. The fourth-order valence-electron chi connectivity index (χ4n) is 1.77. The minimum absolute atomic E-state index is 0.0557. The maximum Gasteiger partial charge on any atom is 0.148 e. The number of nitrogens with one attached hydrogen (secondary N) is 1. The summed E-state index contributed by atoms with van der Waals surface area (Å²) in [5, 5.41) is 7.65. The number of anilines is 1. The first kappa shape index (κ1) is 13.1. The Hall–Kier alpha value is -1.36. The van der Waals surface area contributed by atoms with Crippen LogP contribution < -0.4 is 5.32 Å². The van der Waals surface area contributed by atoms with Gasteiger partial charge in [0.25, 0.3) is 0 Å². The third-order valence-corrected chi connectivity index (χ3v) is 3.44. The molecule has 96 valence electrons. The number of nitrogens with zero attached hydrogens (tertiary/aromatic N) is 2. The summed E-state index contributed by atoms with van der Waals surface area (Å²) in [5.74, 6) is 0.577. The largest absolute Gasteiger partial charge is 0.362 e. The van der Waals surface area contributed by atoms with E-state index >= 15 is 0 Å². The Morgan fingerprint density at radius 3 is 2.83 bits per heavy atom. The summed E-state index contributed by atoms with van der Waals surface area (Å²) in [6, 6.07) is 6.69. The van der Waals surface area contributed by atoms with Crippen molar-refractivity contribution < 1.29 is 4.39 Å². The van der Waals surface area contributed by atoms with Crippen LogP contribution in [0.4, 0.5) is 10.2 Å². The Labute approximate surface area is 114 Å². The van der Waals surface area contributed by atoms with E-state index in [9.17, 15) is 4.39 Å². The van der Waals surface area contributed by atoms with E-state index in [4.69, 9.17) is 0 Å². The zero-order chi connectivity index (χ0) is 13.1. The molecular formula is C13H15BrFN3. The average molecular weight is 312 g/mol. The van der Waals surface area contributed by atoms with Crippen molar-refractivity contribution in [3.63, 3.8) is 0 Å². The summed E-state index contributed by atoms with van der Waals surface area (Å²) in [6.07, 6.45) is 1.93. The van der Waals surface area contributed by atoms with E-state index in [1.54, 1.807) is 6.07 Å². The Morgan fingerprint density at radius 2 is 2.22 bits per heavy atom. The average Bonchev–Trinajstić information content (AvgIpc) is 2.76. The molecule has 0 aliphatic heterocycles. The predicted octanol–water partition coefficient (Wildman–Crippen LogP) is 3.98. The molecule has 2 aromatic rings. The summed E-state index contributed by atoms with van der Waals surface area (Å²) in [6.45, 7) is 4.90. The molecule has 0 saturated heterocycles. The van der Waals surface area contributed by atoms with Gasteiger partial charge in [0.2, 0.25) is 0 Å². The highest BCUT2D eigenvalue weighted by Crippen LogP contribution is 2.26. The SMILES string of the molecule is CCn1ccc(NC(C)c2ccc(F)cc2Br)n1. The number of aryl methyl sites for hydroxylation is 1. The van der Waals surface area contributed by atoms with Gasteiger partial charge < -0.3 is 5.32 Å². The standard InChI is InChI=1S/C13H15BrFN3/c1-3-18-7-6-13(17-18)16-9(2)11-5-4-10(15)8-12(11)14/h4-9H,3H2,1-2H3,(H,16,17). The van der Waals surface area contributed by atoms with Crippen molar-refractivity contribution in [1.82, 2.24) is 9.78 Å². The highest BCUT2D eigenvalue weighted by Gasteiger charge is 2.11. The molecule has 0 bridgehead atoms. The summed E-state index contributed by atoms with van der Waals surface area (Å²) < 4.78 is 15.6. The highest BCUT2D eigenvalue weighted by molar-refractivity contribution is 9.10. The van der Waals surface area contributed by atoms with Crippen LogP contribution in [0.25, 0.3) is 0 Å². The molecule has 0 radical (unpaired) electrons. The minimum atomic E-state index is -0.243. The molecule has 1 heterocycles. The van der Waals surface area contributed by atoms with Crippen molar-refractivity contribution in [3.8, 4) is 0 Å². The highest BCUT2D eigenvalue weighted by atomic mass is 79.9. The van der Waals surface area contributed by atoms with Crippen LogP contribution in [0.3, 0.4) is 0 Å². The van der Waals surface area contributed by atoms with Crippen LogP contribution >= 0.6 is 15.9 Å². The molecule has 1 unspecified atom stereocenters. The lowest BCUT2D eigenvalue weighted by molar-refractivity contribution is 0.625. The Balaban J connectivity index is 2.13. The van der Waals surface area contributed by atoms with Gasteiger partial charge in [0.15, 0.2) is 0 Å². The normalized spacial score (nSPS) is 12.4. The fraction of sp³-hybridized carbons (Fsp3) is 0.308. The molecular weight excluding hydrogens is 297 g/mol. The molecule has 1 aromatic heterocycles. The molecule has 0 amide bonds. The van der Waals surface area contributed by atoms with E-state index in [0.29, 0.717) is 0 Å². The third-order valence-electron chi connectivity index (χ3n) is 2.76. The molecule has 0 spiro atoms. The zero-order valence-corrected chi connectivity index (χ0v) is 11.9. The van der Waals surface area contributed by atoms with Gasteiger partial charge in [-0.2, -0.15) is 5.10 Å². The van der Waals surface area contributed by atoms with Crippen molar-refractivity contribution in [1.29, 1.82) is 0 Å². The lowest BCUT2D eigenvalue weighted by atomic mass is 10.1. The van der Waals surface area contributed by atoms with Crippen LogP contribution in [-0.4, -0.2) is 9.78 Å². The first-order valence-corrected chi connectivity index (χ1v) is 6.64. The van der Waals surface area contributed by atoms with E-state index in [1.165, 1.54) is 12.1 Å². The van der Waals surface area contributed by atoms with Crippen molar-refractivity contribution in [2.24, 2.45) is 0 Å². The molecule has 3 nitrogen and oxygen atoms in total. The summed E-state index contributed by atoms with van der Waals surface area (Å²) >= 11 is 3.37. The molecule has 5 heteroatoms. The Kier molecular flexibility index (Phi) is 4.01. The van der Waals surface area contributed by atoms with Crippen LogP contribution in [0, 0.1) is 5.82 Å². The van der Waals surface area contributed by atoms with Crippen LogP contribution in [0.1, 0.15) is 25.5 Å². The van der Waals surface area contributed by atoms with Gasteiger partial charge in [-0.05, 0) is 31.5 Å². The first-order chi connectivity index (χ1) is 8.60. The number of benzene rings is 1. The van der Waals surface area contributed by atoms with Gasteiger partial charge in [0, 0.05) is 23.3 Å². The van der Waals surface area contributed by atoms with Gasteiger partial charge in [-0.1, -0.05) is 22.0 Å². The van der Waals surface area contributed by atoms with E-state index in [2.05, 4.69) is 26.3 Å². The summed E-state index contributed by atoms with van der Waals surface area (Å²) in [4.78, 5) is 0. The third kappa shape index (κ3) is 2.90. The van der Waals surface area contributed by atoms with E-state index in [0.717, 1.165) is 22.4 Å². The molecule has 2 rings (SSSR count). The van der Waals surface area contributed by atoms with Gasteiger partial charge in [-0.15, -0.1) is 0 Å². The second-order valence-electron chi connectivity index (χ2n) is 4.09. The van der Waals surface area contributed by atoms with Crippen LogP contribution in [0.2, 0.25) is 0 Å². The predicted molar refractivity (Wildman–Crippen MR) is 74.0 cm³/mol. The van der Waals surface area contributed by atoms with E-state index in [1.807, 2.05) is 30.8 Å². The monoisotopic (exact) mass is 311 g/mol. The van der Waals surface area contributed by atoms with Crippen molar-refractivity contribution in [2.45, 2.75) is 26.4 Å². The summed E-state index contributed by atoms with van der Waals surface area (Å²) in [7, 11) is 0. The molecule has 0 fully saturated rings. The number of aromatic nitrogens is 2. The molecule has 0 aliphatic rings. The lowest BCUT2D eigenvalue weighted by Crippen LogP contribution is -2.08. The quantitative estimate of drug-likeness (QED) is 0.925. The second kappa shape index (κ2) is 5.52. The van der Waals surface area contributed by atoms with Crippen molar-refractivity contribution in [2.75, 3.05) is 5.32 Å². The van der Waals surface area contributed by atoms with Crippen molar-refractivity contribution in [3.05, 3.63) is 46.3 Å². The molecule has 1 aromatic carbocycles. The smallest absolute Gasteiger partial charge is 0.148 e. The van der Waals surface area contributed by atoms with E-state index in [-0.39, 0.29) is 11.9 Å². The van der Waals surface area contributed by atoms with Gasteiger partial charge in [0.05, 0.1) is 6.04 Å². The fourth-order valence-corrected chi connectivity index (χ4v) is 2.46. The van der Waals surface area contributed by atoms with Gasteiger partial charge >= 0.3 is 0 Å². The molecule has 1 atom stereocenters. The molecule has 18 heavy (non-hydrogen) atoms. The number of rotatable bonds is 4. The van der Waals surface area contributed by atoms with Crippen LogP contribution in [0.15, 0.2) is 34.9 Å². The van der Waals surface area contributed by atoms with E-state index < -0.39 is 0 Å². The van der Waals surface area contributed by atoms with Gasteiger partial charge in [0.1, 0.15) is 11.6 Å². The Morgan fingerprint density at radius 1 is 1.44 bits per heavy atom. The minimum Gasteiger partial charge on any atom is -0.362 e.